The molecule has 1 aromatic carbocycles. The van der Waals surface area contributed by atoms with Crippen molar-refractivity contribution in [3.63, 3.8) is 0 Å². The molecule has 20 heavy (non-hydrogen) atoms. The molecule has 112 valence electrons. The molecule has 2 rings (SSSR count). The fourth-order valence-electron chi connectivity index (χ4n) is 2.56. The van der Waals surface area contributed by atoms with Gasteiger partial charge in [-0.05, 0) is 36.6 Å². The summed E-state index contributed by atoms with van der Waals surface area (Å²) in [6, 6.07) is 8.81. The van der Waals surface area contributed by atoms with E-state index in [0.29, 0.717) is 18.6 Å². The predicted molar refractivity (Wildman–Crippen MR) is 82.4 cm³/mol. The molecule has 0 bridgehead atoms. The number of rotatable bonds is 5. The van der Waals surface area contributed by atoms with Gasteiger partial charge in [0.15, 0.2) is 0 Å². The SMILES string of the molecule is CNC(COc1ccc(C(C)(C)C)cc1)C1CCOC1. The molecule has 1 aromatic rings. The van der Waals surface area contributed by atoms with E-state index in [-0.39, 0.29) is 5.41 Å². The topological polar surface area (TPSA) is 30.5 Å². The van der Waals surface area contributed by atoms with Crippen molar-refractivity contribution in [2.24, 2.45) is 5.92 Å². The Bertz CT molecular complexity index is 402. The smallest absolute Gasteiger partial charge is 0.119 e. The highest BCUT2D eigenvalue weighted by Crippen LogP contribution is 2.24. The number of likely N-dealkylation sites (N-methyl/N-ethyl adjacent to an activating group) is 1. The summed E-state index contributed by atoms with van der Waals surface area (Å²) in [6.45, 7) is 9.08. The maximum Gasteiger partial charge on any atom is 0.119 e. The van der Waals surface area contributed by atoms with Gasteiger partial charge in [0.25, 0.3) is 0 Å². The highest BCUT2D eigenvalue weighted by molar-refractivity contribution is 5.31. The van der Waals surface area contributed by atoms with Crippen LogP contribution in [0.15, 0.2) is 24.3 Å². The van der Waals surface area contributed by atoms with Gasteiger partial charge in [0.2, 0.25) is 0 Å². The zero-order chi connectivity index (χ0) is 14.6. The van der Waals surface area contributed by atoms with E-state index in [4.69, 9.17) is 9.47 Å². The van der Waals surface area contributed by atoms with Crippen LogP contribution >= 0.6 is 0 Å². The van der Waals surface area contributed by atoms with Gasteiger partial charge in [-0.15, -0.1) is 0 Å². The van der Waals surface area contributed by atoms with Crippen LogP contribution in [0.25, 0.3) is 0 Å². The third-order valence-electron chi connectivity index (χ3n) is 4.05. The standard InChI is InChI=1S/C17H27NO2/c1-17(2,3)14-5-7-15(8-6-14)20-12-16(18-4)13-9-10-19-11-13/h5-8,13,16,18H,9-12H2,1-4H3. The summed E-state index contributed by atoms with van der Waals surface area (Å²) in [5.41, 5.74) is 1.52. The van der Waals surface area contributed by atoms with Crippen molar-refractivity contribution in [2.75, 3.05) is 26.9 Å². The van der Waals surface area contributed by atoms with Crippen LogP contribution in [0.1, 0.15) is 32.8 Å². The summed E-state index contributed by atoms with van der Waals surface area (Å²) >= 11 is 0. The quantitative estimate of drug-likeness (QED) is 0.897. The van der Waals surface area contributed by atoms with Gasteiger partial charge in [-0.25, -0.2) is 0 Å². The van der Waals surface area contributed by atoms with Gasteiger partial charge in [-0.3, -0.25) is 0 Å². The molecule has 0 aliphatic carbocycles. The Morgan fingerprint density at radius 1 is 1.30 bits per heavy atom. The lowest BCUT2D eigenvalue weighted by atomic mass is 9.87. The largest absolute Gasteiger partial charge is 0.492 e. The van der Waals surface area contributed by atoms with Gasteiger partial charge in [0, 0.05) is 18.6 Å². The molecule has 0 amide bonds. The summed E-state index contributed by atoms with van der Waals surface area (Å²) in [6.07, 6.45) is 1.12. The fraction of sp³-hybridized carbons (Fsp3) is 0.647. The number of benzene rings is 1. The lowest BCUT2D eigenvalue weighted by Gasteiger charge is -2.23. The van der Waals surface area contributed by atoms with Crippen molar-refractivity contribution in [3.05, 3.63) is 29.8 Å². The van der Waals surface area contributed by atoms with Crippen LogP contribution in [0, 0.1) is 5.92 Å². The molecule has 0 radical (unpaired) electrons. The van der Waals surface area contributed by atoms with E-state index < -0.39 is 0 Å². The number of ether oxygens (including phenoxy) is 2. The molecular weight excluding hydrogens is 250 g/mol. The number of hydrogen-bond donors (Lipinski definition) is 1. The molecule has 2 unspecified atom stereocenters. The average Bonchev–Trinajstić information content (AvgIpc) is 2.93. The highest BCUT2D eigenvalue weighted by atomic mass is 16.5. The maximum atomic E-state index is 5.92. The second kappa shape index (κ2) is 6.59. The Kier molecular flexibility index (Phi) is 5.06. The fourth-order valence-corrected chi connectivity index (χ4v) is 2.56. The maximum absolute atomic E-state index is 5.92. The molecule has 3 heteroatoms. The Morgan fingerprint density at radius 2 is 2.00 bits per heavy atom. The summed E-state index contributed by atoms with van der Waals surface area (Å²) in [7, 11) is 2.00. The second-order valence-electron chi connectivity index (χ2n) is 6.60. The first-order valence-corrected chi connectivity index (χ1v) is 7.49. The first-order chi connectivity index (χ1) is 9.50. The minimum Gasteiger partial charge on any atom is -0.492 e. The molecule has 1 N–H and O–H groups in total. The second-order valence-corrected chi connectivity index (χ2v) is 6.60. The molecular formula is C17H27NO2. The third-order valence-corrected chi connectivity index (χ3v) is 4.05. The Balaban J connectivity index is 1.89. The number of hydrogen-bond acceptors (Lipinski definition) is 3. The van der Waals surface area contributed by atoms with Gasteiger partial charge in [0.05, 0.1) is 6.61 Å². The molecule has 0 saturated carbocycles. The van der Waals surface area contributed by atoms with Crippen molar-refractivity contribution in [2.45, 2.75) is 38.6 Å². The molecule has 1 aliphatic heterocycles. The monoisotopic (exact) mass is 277 g/mol. The van der Waals surface area contributed by atoms with E-state index in [1.807, 2.05) is 7.05 Å². The van der Waals surface area contributed by atoms with Gasteiger partial charge in [0.1, 0.15) is 12.4 Å². The van der Waals surface area contributed by atoms with Crippen molar-refractivity contribution in [1.29, 1.82) is 0 Å². The van der Waals surface area contributed by atoms with E-state index in [1.165, 1.54) is 5.56 Å². The highest BCUT2D eigenvalue weighted by Gasteiger charge is 2.25. The van der Waals surface area contributed by atoms with Gasteiger partial charge in [-0.1, -0.05) is 32.9 Å². The molecule has 1 heterocycles. The van der Waals surface area contributed by atoms with E-state index in [1.54, 1.807) is 0 Å². The molecule has 1 aliphatic rings. The molecule has 0 spiro atoms. The summed E-state index contributed by atoms with van der Waals surface area (Å²) < 4.78 is 11.4. The Hall–Kier alpha value is -1.06. The lowest BCUT2D eigenvalue weighted by molar-refractivity contribution is 0.162. The van der Waals surface area contributed by atoms with Crippen LogP contribution < -0.4 is 10.1 Å². The van der Waals surface area contributed by atoms with Crippen LogP contribution in [0.4, 0.5) is 0 Å². The van der Waals surface area contributed by atoms with Crippen LogP contribution in [0.5, 0.6) is 5.75 Å². The van der Waals surface area contributed by atoms with Crippen LogP contribution in [0.3, 0.4) is 0 Å². The van der Waals surface area contributed by atoms with Gasteiger partial charge < -0.3 is 14.8 Å². The molecule has 0 aromatic heterocycles. The minimum atomic E-state index is 0.188. The van der Waals surface area contributed by atoms with Crippen molar-refractivity contribution >= 4 is 0 Å². The average molecular weight is 277 g/mol. The molecule has 2 atom stereocenters. The van der Waals surface area contributed by atoms with E-state index >= 15 is 0 Å². The summed E-state index contributed by atoms with van der Waals surface area (Å²) in [4.78, 5) is 0. The van der Waals surface area contributed by atoms with Crippen molar-refractivity contribution in [3.8, 4) is 5.75 Å². The van der Waals surface area contributed by atoms with Gasteiger partial charge in [-0.2, -0.15) is 0 Å². The van der Waals surface area contributed by atoms with Crippen LogP contribution in [0.2, 0.25) is 0 Å². The summed E-state index contributed by atoms with van der Waals surface area (Å²) in [5, 5.41) is 3.34. The molecule has 3 nitrogen and oxygen atoms in total. The normalized spacial score (nSPS) is 20.9. The van der Waals surface area contributed by atoms with E-state index in [9.17, 15) is 0 Å². The Labute approximate surface area is 122 Å². The lowest BCUT2D eigenvalue weighted by Crippen LogP contribution is -2.39. The zero-order valence-electron chi connectivity index (χ0n) is 13.1. The molecule has 1 fully saturated rings. The predicted octanol–water partition coefficient (Wildman–Crippen LogP) is 2.99. The van der Waals surface area contributed by atoms with E-state index in [2.05, 4.69) is 50.4 Å². The van der Waals surface area contributed by atoms with Crippen molar-refractivity contribution in [1.82, 2.24) is 5.32 Å². The number of nitrogens with one attached hydrogen (secondary N) is 1. The van der Waals surface area contributed by atoms with Crippen LogP contribution in [-0.4, -0.2) is 32.9 Å². The van der Waals surface area contributed by atoms with Crippen LogP contribution in [-0.2, 0) is 10.2 Å². The third kappa shape index (κ3) is 3.97. The van der Waals surface area contributed by atoms with Gasteiger partial charge >= 0.3 is 0 Å². The van der Waals surface area contributed by atoms with Crippen molar-refractivity contribution < 1.29 is 9.47 Å². The molecule has 1 saturated heterocycles. The zero-order valence-corrected chi connectivity index (χ0v) is 13.1. The Morgan fingerprint density at radius 3 is 2.50 bits per heavy atom. The first-order valence-electron chi connectivity index (χ1n) is 7.49. The summed E-state index contributed by atoms with van der Waals surface area (Å²) in [5.74, 6) is 1.51. The minimum absolute atomic E-state index is 0.188. The first kappa shape index (κ1) is 15.3. The van der Waals surface area contributed by atoms with E-state index in [0.717, 1.165) is 25.4 Å².